The summed E-state index contributed by atoms with van der Waals surface area (Å²) in [6, 6.07) is 14.9. The smallest absolute Gasteiger partial charge is 0.291 e. The Morgan fingerprint density at radius 1 is 1.11 bits per heavy atom. The SMILES string of the molecule is C=CCOc1ccc(C=c2sc3nc(-c4ccc(OC)cc4)nn3c2=O)cc1. The molecule has 0 unspecified atom stereocenters. The van der Waals surface area contributed by atoms with Gasteiger partial charge in [0.05, 0.1) is 11.6 Å². The first-order valence-electron chi connectivity index (χ1n) is 8.57. The lowest BCUT2D eigenvalue weighted by atomic mass is 10.2. The van der Waals surface area contributed by atoms with Crippen molar-refractivity contribution >= 4 is 22.4 Å². The summed E-state index contributed by atoms with van der Waals surface area (Å²) in [7, 11) is 1.61. The number of methoxy groups -OCH3 is 1. The molecule has 0 aliphatic rings. The highest BCUT2D eigenvalue weighted by molar-refractivity contribution is 7.15. The molecule has 0 amide bonds. The normalized spacial score (nSPS) is 11.7. The maximum atomic E-state index is 12.7. The number of benzene rings is 2. The highest BCUT2D eigenvalue weighted by Gasteiger charge is 2.12. The van der Waals surface area contributed by atoms with Crippen LogP contribution in [-0.4, -0.2) is 28.3 Å². The standard InChI is InChI=1S/C21H17N3O3S/c1-3-12-27-17-8-4-14(5-9-17)13-18-20(25)24-21(28-18)22-19(23-24)15-6-10-16(26-2)11-7-15/h3-11,13H,1,12H2,2H3. The molecule has 2 aromatic carbocycles. The van der Waals surface area contributed by atoms with E-state index in [9.17, 15) is 4.79 Å². The zero-order valence-corrected chi connectivity index (χ0v) is 16.0. The van der Waals surface area contributed by atoms with E-state index in [1.165, 1.54) is 15.9 Å². The van der Waals surface area contributed by atoms with E-state index in [2.05, 4.69) is 16.7 Å². The van der Waals surface area contributed by atoms with Gasteiger partial charge in [0.25, 0.3) is 5.56 Å². The summed E-state index contributed by atoms with van der Waals surface area (Å²) >= 11 is 1.31. The van der Waals surface area contributed by atoms with Crippen molar-refractivity contribution < 1.29 is 9.47 Å². The van der Waals surface area contributed by atoms with Crippen LogP contribution >= 0.6 is 11.3 Å². The van der Waals surface area contributed by atoms with Crippen molar-refractivity contribution in [1.82, 2.24) is 14.6 Å². The third-order valence-corrected chi connectivity index (χ3v) is 5.03. The predicted molar refractivity (Wildman–Crippen MR) is 110 cm³/mol. The van der Waals surface area contributed by atoms with E-state index in [-0.39, 0.29) is 5.56 Å². The molecule has 0 aliphatic heterocycles. The number of ether oxygens (including phenoxy) is 2. The lowest BCUT2D eigenvalue weighted by Gasteiger charge is -2.02. The Morgan fingerprint density at radius 2 is 1.82 bits per heavy atom. The minimum atomic E-state index is -0.181. The number of hydrogen-bond donors (Lipinski definition) is 0. The fourth-order valence-corrected chi connectivity index (χ4v) is 3.57. The molecule has 0 aliphatic carbocycles. The number of rotatable bonds is 6. The van der Waals surface area contributed by atoms with E-state index >= 15 is 0 Å². The van der Waals surface area contributed by atoms with Gasteiger partial charge in [-0.05, 0) is 48.0 Å². The summed E-state index contributed by atoms with van der Waals surface area (Å²) in [5, 5.41) is 4.36. The number of hydrogen-bond acceptors (Lipinski definition) is 6. The van der Waals surface area contributed by atoms with Crippen LogP contribution in [0.2, 0.25) is 0 Å². The van der Waals surface area contributed by atoms with Crippen LogP contribution in [0.1, 0.15) is 5.56 Å². The van der Waals surface area contributed by atoms with Gasteiger partial charge in [-0.2, -0.15) is 9.50 Å². The second kappa shape index (κ2) is 7.66. The quantitative estimate of drug-likeness (QED) is 0.473. The average Bonchev–Trinajstić information content (AvgIpc) is 3.27. The molecule has 0 radical (unpaired) electrons. The average molecular weight is 391 g/mol. The van der Waals surface area contributed by atoms with Crippen molar-refractivity contribution in [3.05, 3.63) is 81.6 Å². The number of nitrogens with zero attached hydrogens (tertiary/aromatic N) is 3. The van der Waals surface area contributed by atoms with E-state index in [0.717, 1.165) is 22.6 Å². The molecular formula is C21H17N3O3S. The van der Waals surface area contributed by atoms with Crippen molar-refractivity contribution in [2.24, 2.45) is 0 Å². The van der Waals surface area contributed by atoms with Crippen molar-refractivity contribution in [1.29, 1.82) is 0 Å². The number of aromatic nitrogens is 3. The van der Waals surface area contributed by atoms with Gasteiger partial charge < -0.3 is 9.47 Å². The van der Waals surface area contributed by atoms with Crippen LogP contribution in [0.4, 0.5) is 0 Å². The first-order valence-corrected chi connectivity index (χ1v) is 9.39. The molecule has 28 heavy (non-hydrogen) atoms. The fourth-order valence-electron chi connectivity index (χ4n) is 2.66. The Hall–Kier alpha value is -3.45. The summed E-state index contributed by atoms with van der Waals surface area (Å²) in [5.74, 6) is 2.03. The fraction of sp³-hybridized carbons (Fsp3) is 0.0952. The van der Waals surface area contributed by atoms with Gasteiger partial charge in [0.1, 0.15) is 18.1 Å². The molecule has 0 atom stereocenters. The van der Waals surface area contributed by atoms with Gasteiger partial charge in [-0.25, -0.2) is 0 Å². The molecule has 0 bridgehead atoms. The van der Waals surface area contributed by atoms with E-state index in [1.807, 2.05) is 54.6 Å². The first-order chi connectivity index (χ1) is 13.7. The molecular weight excluding hydrogens is 374 g/mol. The van der Waals surface area contributed by atoms with Crippen LogP contribution < -0.4 is 19.6 Å². The summed E-state index contributed by atoms with van der Waals surface area (Å²) in [4.78, 5) is 17.7. The Bertz CT molecular complexity index is 1230. The lowest BCUT2D eigenvalue weighted by molar-refractivity contribution is 0.363. The van der Waals surface area contributed by atoms with E-state index < -0.39 is 0 Å². The molecule has 2 aromatic heterocycles. The van der Waals surface area contributed by atoms with Gasteiger partial charge in [0, 0.05) is 5.56 Å². The van der Waals surface area contributed by atoms with Crippen LogP contribution in [-0.2, 0) is 0 Å². The molecule has 7 heteroatoms. The second-order valence-electron chi connectivity index (χ2n) is 5.94. The van der Waals surface area contributed by atoms with E-state index in [4.69, 9.17) is 9.47 Å². The Balaban J connectivity index is 1.65. The minimum absolute atomic E-state index is 0.181. The highest BCUT2D eigenvalue weighted by Crippen LogP contribution is 2.20. The van der Waals surface area contributed by atoms with Crippen molar-refractivity contribution in [3.8, 4) is 22.9 Å². The summed E-state index contributed by atoms with van der Waals surface area (Å²) in [5.41, 5.74) is 1.55. The Morgan fingerprint density at radius 3 is 2.46 bits per heavy atom. The molecule has 2 heterocycles. The molecule has 4 rings (SSSR count). The largest absolute Gasteiger partial charge is 0.497 e. The van der Waals surface area contributed by atoms with Gasteiger partial charge in [0.2, 0.25) is 4.96 Å². The molecule has 4 aromatic rings. The van der Waals surface area contributed by atoms with Crippen molar-refractivity contribution in [2.45, 2.75) is 0 Å². The summed E-state index contributed by atoms with van der Waals surface area (Å²) in [6.07, 6.45) is 3.52. The minimum Gasteiger partial charge on any atom is -0.497 e. The first kappa shape index (κ1) is 17.9. The molecule has 6 nitrogen and oxygen atoms in total. The second-order valence-corrected chi connectivity index (χ2v) is 6.95. The molecule has 140 valence electrons. The van der Waals surface area contributed by atoms with Gasteiger partial charge in [-0.1, -0.05) is 36.1 Å². The van der Waals surface area contributed by atoms with E-state index in [0.29, 0.717) is 21.9 Å². The predicted octanol–water partition coefficient (Wildman–Crippen LogP) is 2.94. The Labute approximate surface area is 165 Å². The van der Waals surface area contributed by atoms with E-state index in [1.54, 1.807) is 13.2 Å². The van der Waals surface area contributed by atoms with Crippen LogP contribution in [0.15, 0.2) is 66.0 Å². The number of fused-ring (bicyclic) bond motifs is 1. The highest BCUT2D eigenvalue weighted by atomic mass is 32.1. The van der Waals surface area contributed by atoms with Gasteiger partial charge in [-0.15, -0.1) is 5.10 Å². The molecule has 0 spiro atoms. The van der Waals surface area contributed by atoms with Crippen LogP contribution in [0, 0.1) is 0 Å². The molecule has 0 saturated heterocycles. The molecule has 0 saturated carbocycles. The monoisotopic (exact) mass is 391 g/mol. The zero-order valence-electron chi connectivity index (χ0n) is 15.2. The van der Waals surface area contributed by atoms with Crippen LogP contribution in [0.25, 0.3) is 22.4 Å². The van der Waals surface area contributed by atoms with Gasteiger partial charge >= 0.3 is 0 Å². The summed E-state index contributed by atoms with van der Waals surface area (Å²) in [6.45, 7) is 4.08. The lowest BCUT2D eigenvalue weighted by Crippen LogP contribution is -2.23. The molecule has 0 N–H and O–H groups in total. The van der Waals surface area contributed by atoms with Gasteiger partial charge in [-0.3, -0.25) is 4.79 Å². The third kappa shape index (κ3) is 3.52. The van der Waals surface area contributed by atoms with Crippen molar-refractivity contribution in [3.63, 3.8) is 0 Å². The number of thiazole rings is 1. The van der Waals surface area contributed by atoms with Crippen molar-refractivity contribution in [2.75, 3.05) is 13.7 Å². The third-order valence-electron chi connectivity index (χ3n) is 4.08. The topological polar surface area (TPSA) is 65.7 Å². The summed E-state index contributed by atoms with van der Waals surface area (Å²) < 4.78 is 12.5. The maximum Gasteiger partial charge on any atom is 0.291 e. The zero-order chi connectivity index (χ0) is 19.5. The van der Waals surface area contributed by atoms with Crippen LogP contribution in [0.5, 0.6) is 11.5 Å². The maximum absolute atomic E-state index is 12.7. The Kier molecular flexibility index (Phi) is 4.90. The van der Waals surface area contributed by atoms with Gasteiger partial charge in [0.15, 0.2) is 5.82 Å². The molecule has 0 fully saturated rings. The van der Waals surface area contributed by atoms with Crippen LogP contribution in [0.3, 0.4) is 0 Å².